The average molecular weight is 182 g/mol. The maximum Gasteiger partial charge on any atom is 0.264 e. The Morgan fingerprint density at radius 2 is 2.50 bits per heavy atom. The fraction of sp³-hybridized carbons (Fsp3) is 0.375. The van der Waals surface area contributed by atoms with E-state index in [0.29, 0.717) is 5.70 Å². The van der Waals surface area contributed by atoms with Crippen molar-refractivity contribution in [3.05, 3.63) is 22.3 Å². The first-order valence-corrected chi connectivity index (χ1v) is 4.86. The van der Waals surface area contributed by atoms with Gasteiger partial charge >= 0.3 is 0 Å². The molecule has 0 aliphatic carbocycles. The van der Waals surface area contributed by atoms with Crippen LogP contribution in [0.25, 0.3) is 0 Å². The van der Waals surface area contributed by atoms with E-state index in [1.54, 1.807) is 11.8 Å². The molecule has 1 amide bonds. The van der Waals surface area contributed by atoms with E-state index >= 15 is 0 Å². The Morgan fingerprint density at radius 3 is 3.25 bits per heavy atom. The molecule has 0 aromatic heterocycles. The minimum Gasteiger partial charge on any atom is -0.377 e. The van der Waals surface area contributed by atoms with Crippen LogP contribution >= 0.6 is 11.8 Å². The smallest absolute Gasteiger partial charge is 0.264 e. The number of carbonyl (C=O) groups is 1. The molecule has 0 fully saturated rings. The third kappa shape index (κ3) is 1.22. The van der Waals surface area contributed by atoms with Gasteiger partial charge in [0.25, 0.3) is 5.91 Å². The second kappa shape index (κ2) is 2.86. The number of allylic oxidation sites excluding steroid dienone is 1. The lowest BCUT2D eigenvalue weighted by Gasteiger charge is -2.14. The highest BCUT2D eigenvalue weighted by molar-refractivity contribution is 8.03. The predicted octanol–water partition coefficient (Wildman–Crippen LogP) is 0.350. The molecule has 2 aliphatic heterocycles. The van der Waals surface area contributed by atoms with Gasteiger partial charge in [-0.25, -0.2) is 0 Å². The second-order valence-corrected chi connectivity index (χ2v) is 3.98. The fourth-order valence-corrected chi connectivity index (χ4v) is 2.52. The summed E-state index contributed by atoms with van der Waals surface area (Å²) in [4.78, 5) is 12.0. The summed E-state index contributed by atoms with van der Waals surface area (Å²) < 4.78 is 0. The van der Waals surface area contributed by atoms with E-state index in [4.69, 9.17) is 5.73 Å². The lowest BCUT2D eigenvalue weighted by molar-refractivity contribution is -0.114. The van der Waals surface area contributed by atoms with Gasteiger partial charge in [0.1, 0.15) is 5.70 Å². The third-order valence-electron chi connectivity index (χ3n) is 2.04. The van der Waals surface area contributed by atoms with Crippen molar-refractivity contribution in [1.29, 1.82) is 0 Å². The van der Waals surface area contributed by atoms with Crippen molar-refractivity contribution in [2.45, 2.75) is 6.42 Å². The van der Waals surface area contributed by atoms with Crippen molar-refractivity contribution in [3.63, 3.8) is 0 Å². The van der Waals surface area contributed by atoms with E-state index in [1.165, 1.54) is 10.5 Å². The Morgan fingerprint density at radius 1 is 1.67 bits per heavy atom. The van der Waals surface area contributed by atoms with Gasteiger partial charge in [-0.1, -0.05) is 0 Å². The SMILES string of the molecule is NC(=O)C1=CC2=C(CCS2)CN1. The molecule has 0 saturated carbocycles. The summed E-state index contributed by atoms with van der Waals surface area (Å²) >= 11 is 1.80. The standard InChI is InChI=1S/C8H10N2OS/c9-8(11)6-3-7-5(4-10-6)1-2-12-7/h3,10H,1-2,4H2,(H2,9,11). The lowest BCUT2D eigenvalue weighted by atomic mass is 10.1. The van der Waals surface area contributed by atoms with Gasteiger partial charge < -0.3 is 11.1 Å². The van der Waals surface area contributed by atoms with Crippen LogP contribution in [-0.4, -0.2) is 18.2 Å². The number of amides is 1. The molecule has 2 rings (SSSR count). The van der Waals surface area contributed by atoms with E-state index < -0.39 is 0 Å². The summed E-state index contributed by atoms with van der Waals surface area (Å²) in [6, 6.07) is 0. The minimum absolute atomic E-state index is 0.367. The van der Waals surface area contributed by atoms with Gasteiger partial charge in [-0.15, -0.1) is 11.8 Å². The average Bonchev–Trinajstić information content (AvgIpc) is 2.49. The van der Waals surface area contributed by atoms with Crippen LogP contribution in [0.3, 0.4) is 0 Å². The maximum atomic E-state index is 10.8. The van der Waals surface area contributed by atoms with Crippen LogP contribution in [0.2, 0.25) is 0 Å². The van der Waals surface area contributed by atoms with Crippen molar-refractivity contribution >= 4 is 17.7 Å². The van der Waals surface area contributed by atoms with Crippen molar-refractivity contribution in [2.75, 3.05) is 12.3 Å². The topological polar surface area (TPSA) is 55.1 Å². The molecule has 0 aromatic carbocycles. The number of nitrogens with one attached hydrogen (secondary N) is 1. The van der Waals surface area contributed by atoms with Gasteiger partial charge in [0.05, 0.1) is 0 Å². The summed E-state index contributed by atoms with van der Waals surface area (Å²) in [5, 5.41) is 3.01. The Hall–Kier alpha value is -0.900. The van der Waals surface area contributed by atoms with Crippen LogP contribution in [-0.2, 0) is 4.79 Å². The van der Waals surface area contributed by atoms with Crippen LogP contribution in [0.1, 0.15) is 6.42 Å². The number of carbonyl (C=O) groups excluding carboxylic acids is 1. The zero-order chi connectivity index (χ0) is 8.55. The molecular formula is C8H10N2OS. The molecule has 0 spiro atoms. The molecule has 3 N–H and O–H groups in total. The van der Waals surface area contributed by atoms with Gasteiger partial charge in [-0.05, 0) is 18.1 Å². The third-order valence-corrected chi connectivity index (χ3v) is 3.17. The summed E-state index contributed by atoms with van der Waals surface area (Å²) in [6.45, 7) is 0.789. The molecule has 0 radical (unpaired) electrons. The van der Waals surface area contributed by atoms with Gasteiger partial charge in [-0.2, -0.15) is 0 Å². The zero-order valence-corrected chi connectivity index (χ0v) is 7.41. The summed E-state index contributed by atoms with van der Waals surface area (Å²) in [7, 11) is 0. The highest BCUT2D eigenvalue weighted by Crippen LogP contribution is 2.34. The molecule has 3 nitrogen and oxygen atoms in total. The Kier molecular flexibility index (Phi) is 1.84. The highest BCUT2D eigenvalue weighted by Gasteiger charge is 2.19. The summed E-state index contributed by atoms with van der Waals surface area (Å²) in [5.41, 5.74) is 7.10. The number of nitrogens with two attached hydrogens (primary N) is 1. The normalized spacial score (nSPS) is 21.5. The van der Waals surface area contributed by atoms with Gasteiger partial charge in [0.15, 0.2) is 0 Å². The van der Waals surface area contributed by atoms with E-state index in [9.17, 15) is 4.79 Å². The lowest BCUT2D eigenvalue weighted by Crippen LogP contribution is -2.29. The highest BCUT2D eigenvalue weighted by atomic mass is 32.2. The van der Waals surface area contributed by atoms with Gasteiger partial charge in [0.2, 0.25) is 0 Å². The first kappa shape index (κ1) is 7.73. The summed E-state index contributed by atoms with van der Waals surface area (Å²) in [5.74, 6) is 0.767. The summed E-state index contributed by atoms with van der Waals surface area (Å²) in [6.07, 6.45) is 2.99. The van der Waals surface area contributed by atoms with Gasteiger partial charge in [-0.3, -0.25) is 4.79 Å². The molecule has 0 atom stereocenters. The molecule has 0 saturated heterocycles. The Bertz CT molecular complexity index is 293. The first-order chi connectivity index (χ1) is 5.77. The number of hydrogen-bond donors (Lipinski definition) is 2. The molecule has 64 valence electrons. The quantitative estimate of drug-likeness (QED) is 0.615. The van der Waals surface area contributed by atoms with Crippen molar-refractivity contribution in [2.24, 2.45) is 5.73 Å². The molecule has 2 aliphatic rings. The van der Waals surface area contributed by atoms with Crippen LogP contribution in [0.15, 0.2) is 22.3 Å². The van der Waals surface area contributed by atoms with E-state index in [2.05, 4.69) is 5.32 Å². The molecule has 0 aromatic rings. The number of dihydropyridines is 1. The van der Waals surface area contributed by atoms with E-state index in [-0.39, 0.29) is 5.91 Å². The van der Waals surface area contributed by atoms with Crippen LogP contribution in [0, 0.1) is 0 Å². The fourth-order valence-electron chi connectivity index (χ4n) is 1.37. The van der Waals surface area contributed by atoms with Crippen molar-refractivity contribution in [1.82, 2.24) is 5.32 Å². The first-order valence-electron chi connectivity index (χ1n) is 3.87. The Balaban J connectivity index is 2.26. The van der Waals surface area contributed by atoms with Crippen molar-refractivity contribution in [3.8, 4) is 0 Å². The number of primary amides is 1. The van der Waals surface area contributed by atoms with Crippen LogP contribution in [0.5, 0.6) is 0 Å². The number of hydrogen-bond acceptors (Lipinski definition) is 3. The molecule has 4 heteroatoms. The van der Waals surface area contributed by atoms with Gasteiger partial charge in [0, 0.05) is 17.2 Å². The van der Waals surface area contributed by atoms with E-state index in [1.807, 2.05) is 6.08 Å². The van der Waals surface area contributed by atoms with Crippen molar-refractivity contribution < 1.29 is 4.79 Å². The molecule has 2 heterocycles. The van der Waals surface area contributed by atoms with Crippen LogP contribution in [0.4, 0.5) is 0 Å². The van der Waals surface area contributed by atoms with E-state index in [0.717, 1.165) is 18.7 Å². The molecule has 0 bridgehead atoms. The maximum absolute atomic E-state index is 10.8. The number of thioether (sulfide) groups is 1. The largest absolute Gasteiger partial charge is 0.377 e. The minimum atomic E-state index is -0.367. The predicted molar refractivity (Wildman–Crippen MR) is 49.4 cm³/mol. The number of rotatable bonds is 1. The molecule has 0 unspecified atom stereocenters. The molecular weight excluding hydrogens is 172 g/mol. The monoisotopic (exact) mass is 182 g/mol. The Labute approximate surface area is 75.1 Å². The van der Waals surface area contributed by atoms with Crippen LogP contribution < -0.4 is 11.1 Å². The zero-order valence-electron chi connectivity index (χ0n) is 6.59. The second-order valence-electron chi connectivity index (χ2n) is 2.84. The molecule has 12 heavy (non-hydrogen) atoms.